The molecule has 0 aliphatic rings. The van der Waals surface area contributed by atoms with E-state index in [-0.39, 0.29) is 12.8 Å². The molecule has 3 unspecified atom stereocenters. The van der Waals surface area contributed by atoms with E-state index in [0.29, 0.717) is 12.8 Å². The summed E-state index contributed by atoms with van der Waals surface area (Å²) >= 11 is 0. The van der Waals surface area contributed by atoms with Gasteiger partial charge in [0.2, 0.25) is 0 Å². The third-order valence-electron chi connectivity index (χ3n) is 7.37. The lowest BCUT2D eigenvalue weighted by Gasteiger charge is -2.20. The van der Waals surface area contributed by atoms with Crippen molar-refractivity contribution >= 4 is 19.8 Å². The van der Waals surface area contributed by atoms with Gasteiger partial charge in [-0.05, 0) is 44.9 Å². The number of rotatable bonds is 33. The molecule has 0 aliphatic heterocycles. The van der Waals surface area contributed by atoms with Crippen LogP contribution in [-0.4, -0.2) is 65.7 Å². The molecular weight excluding hydrogens is 623 g/mol. The number of ether oxygens (including phenoxy) is 2. The molecule has 0 rings (SSSR count). The van der Waals surface area contributed by atoms with Gasteiger partial charge < -0.3 is 24.6 Å². The number of allylic oxidation sites excluding steroid dienone is 6. The maximum Gasteiger partial charge on any atom is 0.472 e. The summed E-state index contributed by atoms with van der Waals surface area (Å²) in [4.78, 5) is 34.2. The molecule has 11 heteroatoms. The molecule has 0 spiro atoms. The monoisotopic (exact) mass is 688 g/mol. The Morgan fingerprint density at radius 3 is 1.45 bits per heavy atom. The van der Waals surface area contributed by atoms with Gasteiger partial charge in [-0.1, -0.05) is 121 Å². The minimum absolute atomic E-state index is 0.157. The van der Waals surface area contributed by atoms with E-state index in [1.807, 2.05) is 0 Å². The Morgan fingerprint density at radius 2 is 1.00 bits per heavy atom. The molecule has 0 bridgehead atoms. The van der Waals surface area contributed by atoms with Crippen LogP contribution in [0.25, 0.3) is 0 Å². The summed E-state index contributed by atoms with van der Waals surface area (Å²) in [5.74, 6) is -1.05. The largest absolute Gasteiger partial charge is 0.472 e. The highest BCUT2D eigenvalue weighted by Gasteiger charge is 2.27. The Hall–Kier alpha value is -1.81. The smallest absolute Gasteiger partial charge is 0.457 e. The molecule has 0 saturated carbocycles. The highest BCUT2D eigenvalue weighted by molar-refractivity contribution is 7.47. The van der Waals surface area contributed by atoms with Crippen LogP contribution in [0.4, 0.5) is 0 Å². The molecular formula is C36H65O10P. The second-order valence-corrected chi connectivity index (χ2v) is 13.3. The fourth-order valence-corrected chi connectivity index (χ4v) is 5.38. The zero-order valence-corrected chi connectivity index (χ0v) is 30.1. The third kappa shape index (κ3) is 31.2. The van der Waals surface area contributed by atoms with Crippen LogP contribution in [0.5, 0.6) is 0 Å². The summed E-state index contributed by atoms with van der Waals surface area (Å²) in [5.41, 5.74) is 0. The van der Waals surface area contributed by atoms with Crippen molar-refractivity contribution in [2.45, 2.75) is 154 Å². The normalized spacial score (nSPS) is 14.6. The highest BCUT2D eigenvalue weighted by Crippen LogP contribution is 2.43. The Morgan fingerprint density at radius 1 is 0.596 bits per heavy atom. The number of phosphoric acid groups is 1. The SMILES string of the molecule is CC/C=C\C/C=C\C/C=C\CCCCCC(=O)OC(CO)COP(=O)(O)OCC(CO)OC(=O)CCCCCCCCCCCCC. The van der Waals surface area contributed by atoms with Gasteiger partial charge in [0.25, 0.3) is 0 Å². The molecule has 0 radical (unpaired) electrons. The zero-order chi connectivity index (χ0) is 34.9. The topological polar surface area (TPSA) is 149 Å². The van der Waals surface area contributed by atoms with Crippen LogP contribution in [0.3, 0.4) is 0 Å². The van der Waals surface area contributed by atoms with Crippen molar-refractivity contribution in [3.05, 3.63) is 36.5 Å². The van der Waals surface area contributed by atoms with E-state index in [0.717, 1.165) is 57.8 Å². The van der Waals surface area contributed by atoms with E-state index in [4.69, 9.17) is 18.5 Å². The number of aliphatic hydroxyl groups is 2. The van der Waals surface area contributed by atoms with Gasteiger partial charge >= 0.3 is 19.8 Å². The highest BCUT2D eigenvalue weighted by atomic mass is 31.2. The predicted molar refractivity (Wildman–Crippen MR) is 187 cm³/mol. The summed E-state index contributed by atoms with van der Waals surface area (Å²) in [5, 5.41) is 19.0. The number of carbonyl (C=O) groups excluding carboxylic acids is 2. The lowest BCUT2D eigenvalue weighted by atomic mass is 10.1. The van der Waals surface area contributed by atoms with Crippen molar-refractivity contribution in [2.75, 3.05) is 26.4 Å². The van der Waals surface area contributed by atoms with Gasteiger partial charge in [0.05, 0.1) is 26.4 Å². The molecule has 274 valence electrons. The fourth-order valence-electron chi connectivity index (χ4n) is 4.60. The lowest BCUT2D eigenvalue weighted by molar-refractivity contribution is -0.153. The lowest BCUT2D eigenvalue weighted by Crippen LogP contribution is -2.28. The van der Waals surface area contributed by atoms with Gasteiger partial charge in [0.15, 0.2) is 0 Å². The molecule has 0 aromatic rings. The first-order valence-electron chi connectivity index (χ1n) is 17.9. The molecule has 0 fully saturated rings. The molecule has 0 saturated heterocycles. The van der Waals surface area contributed by atoms with Crippen LogP contribution >= 0.6 is 7.82 Å². The fraction of sp³-hybridized carbons (Fsp3) is 0.778. The molecule has 0 amide bonds. The van der Waals surface area contributed by atoms with Crippen LogP contribution < -0.4 is 0 Å². The molecule has 3 atom stereocenters. The summed E-state index contributed by atoms with van der Waals surface area (Å²) in [6.45, 7) is 2.02. The maximum atomic E-state index is 12.3. The van der Waals surface area contributed by atoms with Crippen LogP contribution in [-0.2, 0) is 32.7 Å². The second kappa shape index (κ2) is 32.7. The van der Waals surface area contributed by atoms with Gasteiger partial charge in [-0.3, -0.25) is 18.6 Å². The molecule has 0 aliphatic carbocycles. The Bertz CT molecular complexity index is 889. The van der Waals surface area contributed by atoms with Crippen molar-refractivity contribution in [1.82, 2.24) is 0 Å². The first-order valence-corrected chi connectivity index (χ1v) is 19.4. The number of esters is 2. The summed E-state index contributed by atoms with van der Waals surface area (Å²) in [7, 11) is -4.63. The first-order chi connectivity index (χ1) is 22.8. The van der Waals surface area contributed by atoms with Crippen LogP contribution in [0.15, 0.2) is 36.5 Å². The van der Waals surface area contributed by atoms with Gasteiger partial charge in [0.1, 0.15) is 12.2 Å². The van der Waals surface area contributed by atoms with Crippen molar-refractivity contribution in [1.29, 1.82) is 0 Å². The van der Waals surface area contributed by atoms with Gasteiger partial charge in [-0.2, -0.15) is 0 Å². The first kappa shape index (κ1) is 45.2. The van der Waals surface area contributed by atoms with Crippen molar-refractivity contribution in [2.24, 2.45) is 0 Å². The van der Waals surface area contributed by atoms with E-state index >= 15 is 0 Å². The standard InChI is InChI=1S/C36H65O10P/c1-3-5-7-9-11-13-15-16-18-20-22-24-26-28-36(40)46-34(30-38)32-44-47(41,42)43-31-33(29-37)45-35(39)27-25-23-21-19-17-14-12-10-8-6-4-2/h5,7,11,13,16,18,33-34,37-38H,3-4,6,8-10,12,14-15,17,19-32H2,1-2H3,(H,41,42)/b7-5-,13-11-,18-16-. The predicted octanol–water partition coefficient (Wildman–Crippen LogP) is 8.44. The average Bonchev–Trinajstić information content (AvgIpc) is 3.05. The number of hydrogen-bond donors (Lipinski definition) is 3. The molecule has 10 nitrogen and oxygen atoms in total. The minimum atomic E-state index is -4.63. The van der Waals surface area contributed by atoms with E-state index in [1.54, 1.807) is 0 Å². The van der Waals surface area contributed by atoms with Crippen molar-refractivity contribution in [3.8, 4) is 0 Å². The number of hydrogen-bond acceptors (Lipinski definition) is 9. The number of carbonyl (C=O) groups is 2. The molecule has 0 aromatic carbocycles. The molecule has 0 heterocycles. The number of phosphoric ester groups is 1. The van der Waals surface area contributed by atoms with Crippen LogP contribution in [0.2, 0.25) is 0 Å². The minimum Gasteiger partial charge on any atom is -0.457 e. The number of aliphatic hydroxyl groups excluding tert-OH is 2. The third-order valence-corrected chi connectivity index (χ3v) is 8.32. The number of unbranched alkanes of at least 4 members (excludes halogenated alkanes) is 13. The maximum absolute atomic E-state index is 12.3. The van der Waals surface area contributed by atoms with Crippen LogP contribution in [0, 0.1) is 0 Å². The van der Waals surface area contributed by atoms with E-state index in [9.17, 15) is 29.3 Å². The van der Waals surface area contributed by atoms with Gasteiger partial charge in [-0.15, -0.1) is 0 Å². The van der Waals surface area contributed by atoms with E-state index in [2.05, 4.69) is 50.3 Å². The zero-order valence-electron chi connectivity index (χ0n) is 29.2. The van der Waals surface area contributed by atoms with Crippen molar-refractivity contribution in [3.63, 3.8) is 0 Å². The van der Waals surface area contributed by atoms with Gasteiger partial charge in [-0.25, -0.2) is 4.57 Å². The van der Waals surface area contributed by atoms with E-state index < -0.39 is 58.4 Å². The Labute approximate surface area is 284 Å². The second-order valence-electron chi connectivity index (χ2n) is 11.8. The van der Waals surface area contributed by atoms with Crippen molar-refractivity contribution < 1.29 is 47.8 Å². The average molecular weight is 689 g/mol. The Balaban J connectivity index is 4.06. The van der Waals surface area contributed by atoms with Gasteiger partial charge in [0, 0.05) is 12.8 Å². The summed E-state index contributed by atoms with van der Waals surface area (Å²) < 4.78 is 32.3. The molecule has 3 N–H and O–H groups in total. The van der Waals surface area contributed by atoms with E-state index in [1.165, 1.54) is 44.9 Å². The van der Waals surface area contributed by atoms with Crippen LogP contribution in [0.1, 0.15) is 142 Å². The Kier molecular flexibility index (Phi) is 31.5. The summed E-state index contributed by atoms with van der Waals surface area (Å²) in [6, 6.07) is 0. The molecule has 0 aromatic heterocycles. The molecule has 47 heavy (non-hydrogen) atoms. The summed E-state index contributed by atoms with van der Waals surface area (Å²) in [6.07, 6.45) is 29.9. The quantitative estimate of drug-likeness (QED) is 0.0265.